The highest BCUT2D eigenvalue weighted by atomic mass is 79.9. The Morgan fingerprint density at radius 3 is 2.92 bits per heavy atom. The van der Waals surface area contributed by atoms with E-state index in [0.29, 0.717) is 6.54 Å². The Labute approximate surface area is 89.6 Å². The Morgan fingerprint density at radius 1 is 1.54 bits per heavy atom. The maximum atomic E-state index is 8.75. The van der Waals surface area contributed by atoms with Gasteiger partial charge in [0.2, 0.25) is 0 Å². The van der Waals surface area contributed by atoms with Gasteiger partial charge in [-0.3, -0.25) is 0 Å². The fraction of sp³-hybridized carbons (Fsp3) is 0.667. The van der Waals surface area contributed by atoms with E-state index in [1.807, 2.05) is 12.4 Å². The zero-order chi connectivity index (χ0) is 8.81. The summed E-state index contributed by atoms with van der Waals surface area (Å²) < 4.78 is 2.07. The van der Waals surface area contributed by atoms with Crippen LogP contribution in [0.15, 0.2) is 12.4 Å². The first-order chi connectivity index (χ1) is 5.88. The van der Waals surface area contributed by atoms with Crippen molar-refractivity contribution in [2.24, 2.45) is 0 Å². The third-order valence-corrected chi connectivity index (χ3v) is 1.96. The molecule has 13 heavy (non-hydrogen) atoms. The molecule has 1 rings (SSSR count). The average Bonchev–Trinajstić information content (AvgIpc) is 2.50. The van der Waals surface area contributed by atoms with Crippen molar-refractivity contribution in [1.82, 2.24) is 4.98 Å². The molecule has 1 heterocycles. The Balaban J connectivity index is 0.00000144. The van der Waals surface area contributed by atoms with Gasteiger partial charge >= 0.3 is 0 Å². The Bertz CT molecular complexity index is 225. The Kier molecular flexibility index (Phi) is 6.90. The second-order valence-electron chi connectivity index (χ2n) is 2.93. The summed E-state index contributed by atoms with van der Waals surface area (Å²) in [5.74, 6) is 1.21. The lowest BCUT2D eigenvalue weighted by Crippen LogP contribution is -3.00. The zero-order valence-corrected chi connectivity index (χ0v) is 9.55. The Morgan fingerprint density at radius 2 is 2.31 bits per heavy atom. The number of H-pyrrole nitrogens is 1. The molecule has 0 aliphatic carbocycles. The van der Waals surface area contributed by atoms with Crippen molar-refractivity contribution in [3.63, 3.8) is 0 Å². The second kappa shape index (κ2) is 7.09. The number of imidazole rings is 1. The van der Waals surface area contributed by atoms with Crippen LogP contribution in [0.5, 0.6) is 0 Å². The minimum atomic E-state index is 0. The first kappa shape index (κ1) is 12.7. The quantitative estimate of drug-likeness (QED) is 0.563. The second-order valence-corrected chi connectivity index (χ2v) is 2.93. The normalized spacial score (nSPS) is 9.69. The van der Waals surface area contributed by atoms with E-state index in [9.17, 15) is 0 Å². The summed E-state index contributed by atoms with van der Waals surface area (Å²) in [6.45, 7) is 3.09. The van der Waals surface area contributed by atoms with Crippen LogP contribution < -0.4 is 21.5 Å². The van der Waals surface area contributed by atoms with Crippen molar-refractivity contribution in [2.45, 2.75) is 32.7 Å². The summed E-state index contributed by atoms with van der Waals surface area (Å²) in [4.78, 5) is 3.18. The molecule has 2 N–H and O–H groups in total. The number of rotatable bonds is 5. The molecule has 0 saturated heterocycles. The number of aliphatic hydroxyl groups is 1. The fourth-order valence-electron chi connectivity index (χ4n) is 1.27. The third-order valence-electron chi connectivity index (χ3n) is 1.96. The van der Waals surface area contributed by atoms with Crippen molar-refractivity contribution < 1.29 is 26.7 Å². The van der Waals surface area contributed by atoms with E-state index in [-0.39, 0.29) is 23.6 Å². The van der Waals surface area contributed by atoms with Crippen LogP contribution in [0.1, 0.15) is 25.6 Å². The number of aromatic nitrogens is 2. The highest BCUT2D eigenvalue weighted by Crippen LogP contribution is 1.95. The van der Waals surface area contributed by atoms with Crippen LogP contribution in [0.3, 0.4) is 0 Å². The number of hydrogen-bond acceptors (Lipinski definition) is 1. The molecule has 0 aliphatic rings. The van der Waals surface area contributed by atoms with E-state index < -0.39 is 0 Å². The largest absolute Gasteiger partial charge is 1.00 e. The molecule has 0 atom stereocenters. The van der Waals surface area contributed by atoms with Gasteiger partial charge in [0.25, 0.3) is 5.82 Å². The van der Waals surface area contributed by atoms with Gasteiger partial charge in [-0.1, -0.05) is 13.3 Å². The number of hydrogen-bond donors (Lipinski definition) is 2. The van der Waals surface area contributed by atoms with Gasteiger partial charge in [0, 0.05) is 6.42 Å². The Hall–Kier alpha value is -0.350. The predicted octanol–water partition coefficient (Wildman–Crippen LogP) is -2.36. The molecule has 0 saturated carbocycles. The molecule has 4 heteroatoms. The van der Waals surface area contributed by atoms with Crippen LogP contribution >= 0.6 is 0 Å². The van der Waals surface area contributed by atoms with Gasteiger partial charge in [0.05, 0.1) is 6.61 Å². The fourth-order valence-corrected chi connectivity index (χ4v) is 1.27. The van der Waals surface area contributed by atoms with E-state index >= 15 is 0 Å². The standard InChI is InChI=1S/C9H16N2O.BrH/c1-2-3-4-9-10-5-6-11(9)7-8-12;/h5-6,12H,2-4,7-8H2,1H3;1H. The molecule has 1 aromatic heterocycles. The highest BCUT2D eigenvalue weighted by molar-refractivity contribution is 4.76. The summed E-state index contributed by atoms with van der Waals surface area (Å²) in [7, 11) is 0. The van der Waals surface area contributed by atoms with E-state index in [0.717, 1.165) is 6.42 Å². The van der Waals surface area contributed by atoms with Gasteiger partial charge < -0.3 is 22.1 Å². The lowest BCUT2D eigenvalue weighted by atomic mass is 10.2. The lowest BCUT2D eigenvalue weighted by molar-refractivity contribution is -0.704. The van der Waals surface area contributed by atoms with Crippen LogP contribution in [-0.2, 0) is 13.0 Å². The molecule has 0 spiro atoms. The minimum absolute atomic E-state index is 0. The predicted molar refractivity (Wildman–Crippen MR) is 46.7 cm³/mol. The first-order valence-electron chi connectivity index (χ1n) is 4.55. The number of nitrogens with zero attached hydrogens (tertiary/aromatic N) is 1. The summed E-state index contributed by atoms with van der Waals surface area (Å²) in [6, 6.07) is 0. The number of aromatic amines is 1. The summed E-state index contributed by atoms with van der Waals surface area (Å²) in [5, 5.41) is 8.75. The molecular weight excluding hydrogens is 232 g/mol. The van der Waals surface area contributed by atoms with Crippen molar-refractivity contribution >= 4 is 0 Å². The van der Waals surface area contributed by atoms with Gasteiger partial charge in [-0.2, -0.15) is 0 Å². The summed E-state index contributed by atoms with van der Waals surface area (Å²) >= 11 is 0. The van der Waals surface area contributed by atoms with E-state index in [1.54, 1.807) is 0 Å². The van der Waals surface area contributed by atoms with Crippen molar-refractivity contribution in [2.75, 3.05) is 6.61 Å². The zero-order valence-electron chi connectivity index (χ0n) is 7.96. The molecule has 0 unspecified atom stereocenters. The van der Waals surface area contributed by atoms with Crippen molar-refractivity contribution in [1.29, 1.82) is 0 Å². The average molecular weight is 249 g/mol. The van der Waals surface area contributed by atoms with E-state index in [2.05, 4.69) is 16.5 Å². The molecule has 0 aromatic carbocycles. The first-order valence-corrected chi connectivity index (χ1v) is 4.55. The lowest BCUT2D eigenvalue weighted by Gasteiger charge is -1.96. The number of unbranched alkanes of at least 4 members (excludes halogenated alkanes) is 1. The summed E-state index contributed by atoms with van der Waals surface area (Å²) in [5.41, 5.74) is 0. The topological polar surface area (TPSA) is 39.9 Å². The maximum Gasteiger partial charge on any atom is 0.254 e. The number of aryl methyl sites for hydroxylation is 1. The van der Waals surface area contributed by atoms with Gasteiger partial charge in [0.15, 0.2) is 0 Å². The van der Waals surface area contributed by atoms with Gasteiger partial charge in [0.1, 0.15) is 18.9 Å². The smallest absolute Gasteiger partial charge is 0.254 e. The van der Waals surface area contributed by atoms with Crippen LogP contribution in [0, 0.1) is 0 Å². The number of aliphatic hydroxyl groups excluding tert-OH is 1. The van der Waals surface area contributed by atoms with E-state index in [4.69, 9.17) is 5.11 Å². The third kappa shape index (κ3) is 3.91. The minimum Gasteiger partial charge on any atom is -1.00 e. The van der Waals surface area contributed by atoms with Crippen LogP contribution in [0.25, 0.3) is 0 Å². The van der Waals surface area contributed by atoms with Crippen molar-refractivity contribution in [3.8, 4) is 0 Å². The molecule has 0 aliphatic heterocycles. The monoisotopic (exact) mass is 248 g/mol. The van der Waals surface area contributed by atoms with Gasteiger partial charge in [-0.05, 0) is 6.42 Å². The number of halogens is 1. The van der Waals surface area contributed by atoms with Gasteiger partial charge in [-0.25, -0.2) is 9.55 Å². The van der Waals surface area contributed by atoms with Crippen LogP contribution in [-0.4, -0.2) is 16.7 Å². The van der Waals surface area contributed by atoms with Crippen LogP contribution in [0.4, 0.5) is 0 Å². The van der Waals surface area contributed by atoms with Crippen LogP contribution in [0.2, 0.25) is 0 Å². The molecule has 76 valence electrons. The molecule has 3 nitrogen and oxygen atoms in total. The SMILES string of the molecule is CCCCc1[nH]cc[n+]1CCO.[Br-]. The molecule has 0 radical (unpaired) electrons. The summed E-state index contributed by atoms with van der Waals surface area (Å²) in [6.07, 6.45) is 7.37. The molecule has 0 amide bonds. The molecule has 1 aromatic rings. The maximum absolute atomic E-state index is 8.75. The van der Waals surface area contributed by atoms with E-state index in [1.165, 1.54) is 18.7 Å². The molecule has 0 fully saturated rings. The molecular formula is C9H17BrN2O. The van der Waals surface area contributed by atoms with Gasteiger partial charge in [-0.15, -0.1) is 0 Å². The molecule has 0 bridgehead atoms. The van der Waals surface area contributed by atoms with Crippen molar-refractivity contribution in [3.05, 3.63) is 18.2 Å². The highest BCUT2D eigenvalue weighted by Gasteiger charge is 2.07. The number of nitrogens with one attached hydrogen (secondary N) is 1.